The lowest BCUT2D eigenvalue weighted by Gasteiger charge is -2.33. The summed E-state index contributed by atoms with van der Waals surface area (Å²) in [6.07, 6.45) is 4.27. The van der Waals surface area contributed by atoms with E-state index in [2.05, 4.69) is 4.90 Å². The lowest BCUT2D eigenvalue weighted by molar-refractivity contribution is -0.148. The Morgan fingerprint density at radius 3 is 2.64 bits per heavy atom. The van der Waals surface area contributed by atoms with Crippen molar-refractivity contribution in [2.24, 2.45) is 5.92 Å². The molecule has 1 aliphatic heterocycles. The number of esters is 1. The molecule has 1 aromatic carbocycles. The second-order valence-electron chi connectivity index (χ2n) is 5.24. The van der Waals surface area contributed by atoms with Crippen LogP contribution in [-0.2, 0) is 14.3 Å². The predicted octanol–water partition coefficient (Wildman–Crippen LogP) is 2.56. The van der Waals surface area contributed by atoms with Gasteiger partial charge >= 0.3 is 11.9 Å². The van der Waals surface area contributed by atoms with Gasteiger partial charge in [0.1, 0.15) is 0 Å². The van der Waals surface area contributed by atoms with E-state index in [9.17, 15) is 9.59 Å². The molecule has 0 spiro atoms. The Morgan fingerprint density at radius 1 is 1.32 bits per heavy atom. The van der Waals surface area contributed by atoms with Crippen LogP contribution < -0.4 is 4.90 Å². The number of rotatable bonds is 5. The number of carbonyl (C=O) groups excluding carboxylic acids is 1. The number of nitrogens with zero attached hydrogens (tertiary/aromatic N) is 1. The molecule has 5 heteroatoms. The molecule has 0 amide bonds. The Bertz CT molecular complexity index is 560. The lowest BCUT2D eigenvalue weighted by atomic mass is 9.96. The summed E-state index contributed by atoms with van der Waals surface area (Å²) < 4.78 is 5.08. The minimum absolute atomic E-state index is 0.0297. The second-order valence-corrected chi connectivity index (χ2v) is 5.24. The van der Waals surface area contributed by atoms with Crippen LogP contribution in [0, 0.1) is 5.92 Å². The Balaban J connectivity index is 2.05. The zero-order valence-corrected chi connectivity index (χ0v) is 12.7. The summed E-state index contributed by atoms with van der Waals surface area (Å²) in [6, 6.07) is 7.69. The Labute approximate surface area is 130 Å². The summed E-state index contributed by atoms with van der Waals surface area (Å²) in [4.78, 5) is 24.6. The number of anilines is 1. The summed E-state index contributed by atoms with van der Waals surface area (Å²) in [7, 11) is 0. The summed E-state index contributed by atoms with van der Waals surface area (Å²) in [6.45, 7) is 3.77. The smallest absolute Gasteiger partial charge is 0.328 e. The maximum absolute atomic E-state index is 11.8. The van der Waals surface area contributed by atoms with Gasteiger partial charge in [-0.2, -0.15) is 0 Å². The SMILES string of the molecule is CCOC(=O)C1CCN(c2ccccc2/C=C/C(=O)O)CC1. The van der Waals surface area contributed by atoms with Crippen LogP contribution in [-0.4, -0.2) is 36.7 Å². The molecule has 1 heterocycles. The van der Waals surface area contributed by atoms with Crippen molar-refractivity contribution in [1.29, 1.82) is 0 Å². The minimum atomic E-state index is -0.962. The zero-order valence-electron chi connectivity index (χ0n) is 12.7. The van der Waals surface area contributed by atoms with E-state index in [1.807, 2.05) is 31.2 Å². The molecule has 22 heavy (non-hydrogen) atoms. The average molecular weight is 303 g/mol. The number of hydrogen-bond donors (Lipinski definition) is 1. The van der Waals surface area contributed by atoms with Crippen LogP contribution in [0.5, 0.6) is 0 Å². The Hall–Kier alpha value is -2.30. The van der Waals surface area contributed by atoms with Crippen LogP contribution in [0.25, 0.3) is 6.08 Å². The third kappa shape index (κ3) is 4.10. The molecule has 0 atom stereocenters. The highest BCUT2D eigenvalue weighted by Crippen LogP contribution is 2.27. The molecule has 0 saturated carbocycles. The van der Waals surface area contributed by atoms with Gasteiger partial charge in [-0.05, 0) is 37.5 Å². The highest BCUT2D eigenvalue weighted by atomic mass is 16.5. The number of carboxylic acids is 1. The van der Waals surface area contributed by atoms with E-state index in [4.69, 9.17) is 9.84 Å². The molecule has 0 unspecified atom stereocenters. The number of hydrogen-bond acceptors (Lipinski definition) is 4. The van der Waals surface area contributed by atoms with E-state index in [0.717, 1.165) is 43.3 Å². The van der Waals surface area contributed by atoms with E-state index < -0.39 is 5.97 Å². The van der Waals surface area contributed by atoms with E-state index >= 15 is 0 Å². The summed E-state index contributed by atoms with van der Waals surface area (Å²) in [5, 5.41) is 8.77. The molecule has 0 radical (unpaired) electrons. The lowest BCUT2D eigenvalue weighted by Crippen LogP contribution is -2.37. The van der Waals surface area contributed by atoms with Crippen molar-refractivity contribution in [2.75, 3.05) is 24.6 Å². The standard InChI is InChI=1S/C17H21NO4/c1-2-22-17(21)14-9-11-18(12-10-14)15-6-4-3-5-13(15)7-8-16(19)20/h3-8,14H,2,9-12H2,1H3,(H,19,20)/b8-7+. The average Bonchev–Trinajstić information content (AvgIpc) is 2.53. The van der Waals surface area contributed by atoms with Gasteiger partial charge in [0.15, 0.2) is 0 Å². The highest BCUT2D eigenvalue weighted by Gasteiger charge is 2.26. The molecule has 0 aliphatic carbocycles. The summed E-state index contributed by atoms with van der Waals surface area (Å²) >= 11 is 0. The predicted molar refractivity (Wildman–Crippen MR) is 84.7 cm³/mol. The molecule has 1 aliphatic rings. The Kier molecular flexibility index (Phi) is 5.58. The molecule has 1 fully saturated rings. The van der Waals surface area contributed by atoms with E-state index in [-0.39, 0.29) is 11.9 Å². The zero-order chi connectivity index (χ0) is 15.9. The molecule has 5 nitrogen and oxygen atoms in total. The van der Waals surface area contributed by atoms with Gasteiger partial charge in [-0.3, -0.25) is 4.79 Å². The monoisotopic (exact) mass is 303 g/mol. The van der Waals surface area contributed by atoms with Crippen LogP contribution in [0.3, 0.4) is 0 Å². The molecular weight excluding hydrogens is 282 g/mol. The van der Waals surface area contributed by atoms with Gasteiger partial charge in [0, 0.05) is 24.9 Å². The molecule has 1 saturated heterocycles. The summed E-state index contributed by atoms with van der Waals surface area (Å²) in [5.41, 5.74) is 1.88. The third-order valence-corrected chi connectivity index (χ3v) is 3.80. The molecular formula is C17H21NO4. The van der Waals surface area contributed by atoms with Crippen molar-refractivity contribution < 1.29 is 19.4 Å². The van der Waals surface area contributed by atoms with Crippen LogP contribution >= 0.6 is 0 Å². The quantitative estimate of drug-likeness (QED) is 0.669. The van der Waals surface area contributed by atoms with Crippen molar-refractivity contribution in [1.82, 2.24) is 0 Å². The van der Waals surface area contributed by atoms with Gasteiger partial charge in [-0.25, -0.2) is 4.79 Å². The fourth-order valence-corrected chi connectivity index (χ4v) is 2.69. The van der Waals surface area contributed by atoms with Crippen LogP contribution in [0.2, 0.25) is 0 Å². The molecule has 1 N–H and O–H groups in total. The first kappa shape index (κ1) is 16.1. The second kappa shape index (κ2) is 7.64. The molecule has 1 aromatic rings. The Morgan fingerprint density at radius 2 is 2.00 bits per heavy atom. The maximum Gasteiger partial charge on any atom is 0.328 e. The van der Waals surface area contributed by atoms with Crippen molar-refractivity contribution in [3.63, 3.8) is 0 Å². The number of aliphatic carboxylic acids is 1. The van der Waals surface area contributed by atoms with Crippen molar-refractivity contribution >= 4 is 23.7 Å². The highest BCUT2D eigenvalue weighted by molar-refractivity contribution is 5.87. The third-order valence-electron chi connectivity index (χ3n) is 3.80. The fraction of sp³-hybridized carbons (Fsp3) is 0.412. The number of benzene rings is 1. The van der Waals surface area contributed by atoms with Crippen LogP contribution in [0.1, 0.15) is 25.3 Å². The fourth-order valence-electron chi connectivity index (χ4n) is 2.69. The van der Waals surface area contributed by atoms with E-state index in [1.165, 1.54) is 0 Å². The first-order valence-corrected chi connectivity index (χ1v) is 7.53. The molecule has 118 valence electrons. The topological polar surface area (TPSA) is 66.8 Å². The normalized spacial score (nSPS) is 16.0. The van der Waals surface area contributed by atoms with E-state index in [0.29, 0.717) is 6.61 Å². The van der Waals surface area contributed by atoms with Crippen molar-refractivity contribution in [2.45, 2.75) is 19.8 Å². The first-order chi connectivity index (χ1) is 10.6. The number of carboxylic acid groups (broad SMARTS) is 1. The number of carbonyl (C=O) groups is 2. The summed E-state index contributed by atoms with van der Waals surface area (Å²) in [5.74, 6) is -1.10. The van der Waals surface area contributed by atoms with Gasteiger partial charge in [0.05, 0.1) is 12.5 Å². The van der Waals surface area contributed by atoms with Crippen LogP contribution in [0.4, 0.5) is 5.69 Å². The van der Waals surface area contributed by atoms with Gasteiger partial charge < -0.3 is 14.7 Å². The largest absolute Gasteiger partial charge is 0.478 e. The molecule has 0 bridgehead atoms. The van der Waals surface area contributed by atoms with E-state index in [1.54, 1.807) is 6.08 Å². The first-order valence-electron chi connectivity index (χ1n) is 7.53. The number of para-hydroxylation sites is 1. The van der Waals surface area contributed by atoms with Gasteiger partial charge in [-0.15, -0.1) is 0 Å². The maximum atomic E-state index is 11.8. The number of ether oxygens (including phenoxy) is 1. The number of piperidine rings is 1. The minimum Gasteiger partial charge on any atom is -0.478 e. The molecule has 0 aromatic heterocycles. The van der Waals surface area contributed by atoms with Crippen molar-refractivity contribution in [3.05, 3.63) is 35.9 Å². The van der Waals surface area contributed by atoms with Gasteiger partial charge in [0.2, 0.25) is 0 Å². The molecule has 2 rings (SSSR count). The van der Waals surface area contributed by atoms with Crippen LogP contribution in [0.15, 0.2) is 30.3 Å². The van der Waals surface area contributed by atoms with Gasteiger partial charge in [0.25, 0.3) is 0 Å². The van der Waals surface area contributed by atoms with Crippen molar-refractivity contribution in [3.8, 4) is 0 Å². The van der Waals surface area contributed by atoms with Gasteiger partial charge in [-0.1, -0.05) is 18.2 Å².